The van der Waals surface area contributed by atoms with Crippen LogP contribution in [0.2, 0.25) is 5.02 Å². The van der Waals surface area contributed by atoms with Crippen LogP contribution in [0.1, 0.15) is 17.2 Å². The lowest BCUT2D eigenvalue weighted by Crippen LogP contribution is -2.42. The molecule has 5 nitrogen and oxygen atoms in total. The zero-order valence-corrected chi connectivity index (χ0v) is 15.7. The molecule has 0 amide bonds. The maximum absolute atomic E-state index is 13.1. The zero-order chi connectivity index (χ0) is 18.0. The molecule has 1 fully saturated rings. The average molecular weight is 382 g/mol. The highest BCUT2D eigenvalue weighted by Crippen LogP contribution is 2.32. The molecule has 1 aliphatic rings. The van der Waals surface area contributed by atoms with Crippen LogP contribution in [0.5, 0.6) is 5.75 Å². The summed E-state index contributed by atoms with van der Waals surface area (Å²) in [6, 6.07) is 12.5. The van der Waals surface area contributed by atoms with Crippen LogP contribution < -0.4 is 4.74 Å². The van der Waals surface area contributed by atoms with E-state index < -0.39 is 10.0 Å². The minimum atomic E-state index is -3.73. The second-order valence-corrected chi connectivity index (χ2v) is 8.27. The van der Waals surface area contributed by atoms with E-state index in [9.17, 15) is 8.42 Å². The van der Waals surface area contributed by atoms with Crippen LogP contribution in [0.3, 0.4) is 0 Å². The summed E-state index contributed by atoms with van der Waals surface area (Å²) in [4.78, 5) is 0.0760. The largest absolute Gasteiger partial charge is 0.495 e. The van der Waals surface area contributed by atoms with Crippen molar-refractivity contribution in [1.82, 2.24) is 4.31 Å². The lowest BCUT2D eigenvalue weighted by atomic mass is 10.1. The van der Waals surface area contributed by atoms with E-state index in [4.69, 9.17) is 21.1 Å². The Labute approximate surface area is 153 Å². The van der Waals surface area contributed by atoms with Crippen LogP contribution in [0.15, 0.2) is 47.4 Å². The number of ether oxygens (including phenoxy) is 2. The van der Waals surface area contributed by atoms with E-state index in [1.807, 2.05) is 31.2 Å². The number of rotatable bonds is 4. The van der Waals surface area contributed by atoms with Gasteiger partial charge >= 0.3 is 0 Å². The van der Waals surface area contributed by atoms with E-state index >= 15 is 0 Å². The molecule has 1 atom stereocenters. The van der Waals surface area contributed by atoms with Gasteiger partial charge in [-0.05, 0) is 30.7 Å². The number of methoxy groups -OCH3 is 1. The first-order valence-electron chi connectivity index (χ1n) is 7.93. The molecule has 3 rings (SSSR count). The number of sulfonamides is 1. The molecule has 1 aliphatic heterocycles. The van der Waals surface area contributed by atoms with Crippen molar-refractivity contribution >= 4 is 21.6 Å². The SMILES string of the molecule is COc1ccc(Cl)cc1S(=O)(=O)N1CCOC(c2ccc(C)cc2)C1. The number of halogens is 1. The van der Waals surface area contributed by atoms with Crippen molar-refractivity contribution in [3.05, 3.63) is 58.6 Å². The molecular weight excluding hydrogens is 362 g/mol. The second-order valence-electron chi connectivity index (χ2n) is 5.93. The zero-order valence-electron chi connectivity index (χ0n) is 14.1. The average Bonchev–Trinajstić information content (AvgIpc) is 2.62. The third kappa shape index (κ3) is 3.82. The van der Waals surface area contributed by atoms with Crippen LogP contribution in [0.25, 0.3) is 0 Å². The Morgan fingerprint density at radius 2 is 1.92 bits per heavy atom. The van der Waals surface area contributed by atoms with Crippen LogP contribution in [-0.2, 0) is 14.8 Å². The van der Waals surface area contributed by atoms with Crippen molar-refractivity contribution in [2.45, 2.75) is 17.9 Å². The Morgan fingerprint density at radius 1 is 1.20 bits per heavy atom. The highest BCUT2D eigenvalue weighted by molar-refractivity contribution is 7.89. The van der Waals surface area contributed by atoms with Gasteiger partial charge < -0.3 is 9.47 Å². The highest BCUT2D eigenvalue weighted by Gasteiger charge is 2.33. The van der Waals surface area contributed by atoms with Crippen LogP contribution >= 0.6 is 11.6 Å². The molecule has 134 valence electrons. The summed E-state index contributed by atoms with van der Waals surface area (Å²) in [5.74, 6) is 0.280. The maximum atomic E-state index is 13.1. The predicted octanol–water partition coefficient (Wildman–Crippen LogP) is 3.42. The molecule has 7 heteroatoms. The fraction of sp³-hybridized carbons (Fsp3) is 0.333. The number of nitrogens with zero attached hydrogens (tertiary/aromatic N) is 1. The lowest BCUT2D eigenvalue weighted by Gasteiger charge is -2.32. The monoisotopic (exact) mass is 381 g/mol. The smallest absolute Gasteiger partial charge is 0.246 e. The quantitative estimate of drug-likeness (QED) is 0.814. The maximum Gasteiger partial charge on any atom is 0.246 e. The van der Waals surface area contributed by atoms with E-state index in [2.05, 4.69) is 0 Å². The first kappa shape index (κ1) is 18.2. The fourth-order valence-electron chi connectivity index (χ4n) is 2.82. The third-order valence-corrected chi connectivity index (χ3v) is 6.34. The molecule has 0 aliphatic carbocycles. The van der Waals surface area contributed by atoms with Gasteiger partial charge in [0.1, 0.15) is 10.6 Å². The lowest BCUT2D eigenvalue weighted by molar-refractivity contribution is -0.00259. The molecule has 2 aromatic rings. The van der Waals surface area contributed by atoms with Gasteiger partial charge in [0.25, 0.3) is 0 Å². The minimum Gasteiger partial charge on any atom is -0.495 e. The Morgan fingerprint density at radius 3 is 2.60 bits per heavy atom. The van der Waals surface area contributed by atoms with Gasteiger partial charge in [0.15, 0.2) is 0 Å². The summed E-state index contributed by atoms with van der Waals surface area (Å²) in [6.07, 6.45) is -0.297. The van der Waals surface area contributed by atoms with Gasteiger partial charge in [0.2, 0.25) is 10.0 Å². The van der Waals surface area contributed by atoms with Gasteiger partial charge in [-0.25, -0.2) is 8.42 Å². The molecule has 0 bridgehead atoms. The molecule has 0 aromatic heterocycles. The van der Waals surface area contributed by atoms with Crippen molar-refractivity contribution in [2.24, 2.45) is 0 Å². The Hall–Kier alpha value is -1.60. The summed E-state index contributed by atoms with van der Waals surface area (Å²) < 4.78 is 38.6. The van der Waals surface area contributed by atoms with Crippen LogP contribution in [0, 0.1) is 6.92 Å². The fourth-order valence-corrected chi connectivity index (χ4v) is 4.66. The minimum absolute atomic E-state index is 0.0760. The first-order chi connectivity index (χ1) is 11.9. The van der Waals surface area contributed by atoms with Crippen molar-refractivity contribution in [1.29, 1.82) is 0 Å². The summed E-state index contributed by atoms with van der Waals surface area (Å²) in [6.45, 7) is 2.88. The number of hydrogen-bond donors (Lipinski definition) is 0. The Balaban J connectivity index is 1.90. The van der Waals surface area contributed by atoms with Gasteiger partial charge in [-0.1, -0.05) is 41.4 Å². The Kier molecular flexibility index (Phi) is 5.34. The summed E-state index contributed by atoms with van der Waals surface area (Å²) in [5.41, 5.74) is 2.11. The van der Waals surface area contributed by atoms with Gasteiger partial charge in [-0.15, -0.1) is 0 Å². The van der Waals surface area contributed by atoms with Crippen molar-refractivity contribution in [3.63, 3.8) is 0 Å². The van der Waals surface area contributed by atoms with Gasteiger partial charge in [-0.3, -0.25) is 0 Å². The predicted molar refractivity (Wildman–Crippen MR) is 96.6 cm³/mol. The molecule has 0 radical (unpaired) electrons. The number of hydrogen-bond acceptors (Lipinski definition) is 4. The molecule has 25 heavy (non-hydrogen) atoms. The van der Waals surface area contributed by atoms with Crippen LogP contribution in [0.4, 0.5) is 0 Å². The van der Waals surface area contributed by atoms with Crippen molar-refractivity contribution in [2.75, 3.05) is 26.8 Å². The molecule has 1 saturated heterocycles. The Bertz CT molecular complexity index is 852. The topological polar surface area (TPSA) is 55.8 Å². The van der Waals surface area contributed by atoms with E-state index in [0.717, 1.165) is 11.1 Å². The first-order valence-corrected chi connectivity index (χ1v) is 9.75. The molecule has 0 spiro atoms. The number of benzene rings is 2. The molecular formula is C18H20ClNO4S. The highest BCUT2D eigenvalue weighted by atomic mass is 35.5. The molecule has 0 saturated carbocycles. The molecule has 1 heterocycles. The number of morpholine rings is 1. The van der Waals surface area contributed by atoms with E-state index in [-0.39, 0.29) is 23.3 Å². The van der Waals surface area contributed by atoms with Gasteiger partial charge in [0, 0.05) is 18.1 Å². The summed E-state index contributed by atoms with van der Waals surface area (Å²) in [5, 5.41) is 0.350. The van der Waals surface area contributed by atoms with Crippen molar-refractivity contribution < 1.29 is 17.9 Å². The third-order valence-electron chi connectivity index (χ3n) is 4.22. The number of aryl methyl sites for hydroxylation is 1. The summed E-state index contributed by atoms with van der Waals surface area (Å²) in [7, 11) is -2.29. The van der Waals surface area contributed by atoms with E-state index in [1.54, 1.807) is 12.1 Å². The van der Waals surface area contributed by atoms with Gasteiger partial charge in [-0.2, -0.15) is 4.31 Å². The molecule has 2 aromatic carbocycles. The van der Waals surface area contributed by atoms with Gasteiger partial charge in [0.05, 0.1) is 19.8 Å². The normalized spacial score (nSPS) is 18.9. The standard InChI is InChI=1S/C18H20ClNO4S/c1-13-3-5-14(6-4-13)17-12-20(9-10-24-17)25(21,22)18-11-15(19)7-8-16(18)23-2/h3-8,11,17H,9-10,12H2,1-2H3. The second kappa shape index (κ2) is 7.33. The van der Waals surface area contributed by atoms with E-state index in [0.29, 0.717) is 18.2 Å². The van der Waals surface area contributed by atoms with Crippen LogP contribution in [-0.4, -0.2) is 39.5 Å². The molecule has 0 N–H and O–H groups in total. The van der Waals surface area contributed by atoms with Crippen molar-refractivity contribution in [3.8, 4) is 5.75 Å². The van der Waals surface area contributed by atoms with E-state index in [1.165, 1.54) is 17.5 Å². The summed E-state index contributed by atoms with van der Waals surface area (Å²) >= 11 is 5.99. The molecule has 1 unspecified atom stereocenters.